The molecule has 268 valence electrons. The first-order chi connectivity index (χ1) is 21.5. The van der Waals surface area contributed by atoms with Crippen molar-refractivity contribution in [2.75, 3.05) is 46.5 Å². The summed E-state index contributed by atoms with van der Waals surface area (Å²) in [6.45, 7) is 1.24. The summed E-state index contributed by atoms with van der Waals surface area (Å²) in [5.74, 6) is 0. The summed E-state index contributed by atoms with van der Waals surface area (Å²) in [6, 6.07) is -1.79. The van der Waals surface area contributed by atoms with E-state index in [-0.39, 0.29) is 44.0 Å². The van der Waals surface area contributed by atoms with Crippen LogP contribution >= 0.6 is 0 Å². The maximum absolute atomic E-state index is 10.3. The van der Waals surface area contributed by atoms with Crippen LogP contribution in [0.2, 0.25) is 0 Å². The fraction of sp³-hybridized carbons (Fsp3) is 1.00. The molecule has 1 saturated carbocycles. The molecular formula is C27H59N7O11. The number of nitrogens with one attached hydrogen (secondary N) is 1. The van der Waals surface area contributed by atoms with Crippen LogP contribution in [0, 0.1) is 0 Å². The summed E-state index contributed by atoms with van der Waals surface area (Å²) in [6.07, 6.45) is -4.56. The maximum atomic E-state index is 10.3. The van der Waals surface area contributed by atoms with Crippen LogP contribution in [0.25, 0.3) is 0 Å². The molecule has 0 bridgehead atoms. The Hall–Kier alpha value is -0.720. The van der Waals surface area contributed by atoms with Crippen molar-refractivity contribution in [1.29, 1.82) is 0 Å². The van der Waals surface area contributed by atoms with Gasteiger partial charge >= 0.3 is 0 Å². The number of hydrogen-bond acceptors (Lipinski definition) is 18. The van der Waals surface area contributed by atoms with E-state index < -0.39 is 67.4 Å². The van der Waals surface area contributed by atoms with Gasteiger partial charge in [-0.3, -0.25) is 0 Å². The average molecular weight is 658 g/mol. The van der Waals surface area contributed by atoms with Gasteiger partial charge in [0, 0.05) is 58.2 Å². The maximum Gasteiger partial charge on any atom is 0.176 e. The van der Waals surface area contributed by atoms with Gasteiger partial charge in [-0.1, -0.05) is 0 Å². The van der Waals surface area contributed by atoms with Gasteiger partial charge in [0.15, 0.2) is 12.6 Å². The van der Waals surface area contributed by atoms with Crippen LogP contribution < -0.4 is 39.7 Å². The summed E-state index contributed by atoms with van der Waals surface area (Å²) in [5.41, 5.74) is 34.5. The highest BCUT2D eigenvalue weighted by Gasteiger charge is 2.47. The Morgan fingerprint density at radius 3 is 2.16 bits per heavy atom. The van der Waals surface area contributed by atoms with Gasteiger partial charge in [0.1, 0.15) is 24.4 Å². The molecular weight excluding hydrogens is 598 g/mol. The fourth-order valence-electron chi connectivity index (χ4n) is 5.68. The van der Waals surface area contributed by atoms with Crippen molar-refractivity contribution in [1.82, 2.24) is 5.32 Å². The molecule has 0 amide bonds. The van der Waals surface area contributed by atoms with Crippen LogP contribution in [0.15, 0.2) is 0 Å². The van der Waals surface area contributed by atoms with Gasteiger partial charge in [-0.15, -0.1) is 0 Å². The third-order valence-electron chi connectivity index (χ3n) is 8.43. The quantitative estimate of drug-likeness (QED) is 0.0981. The predicted molar refractivity (Wildman–Crippen MR) is 162 cm³/mol. The number of aliphatic hydroxyl groups excluding tert-OH is 6. The van der Waals surface area contributed by atoms with E-state index in [1.54, 1.807) is 0 Å². The number of rotatable bonds is 11. The summed E-state index contributed by atoms with van der Waals surface area (Å²) >= 11 is 0. The molecule has 0 aromatic carbocycles. The van der Waals surface area contributed by atoms with Crippen LogP contribution in [0.1, 0.15) is 32.1 Å². The van der Waals surface area contributed by atoms with Gasteiger partial charge in [0.2, 0.25) is 0 Å². The van der Waals surface area contributed by atoms with Crippen molar-refractivity contribution in [3.05, 3.63) is 0 Å². The highest BCUT2D eigenvalue weighted by Crippen LogP contribution is 2.31. The van der Waals surface area contributed by atoms with Crippen LogP contribution in [-0.2, 0) is 23.7 Å². The number of aliphatic hydroxyl groups is 6. The third-order valence-corrected chi connectivity index (χ3v) is 8.43. The second kappa shape index (κ2) is 20.6. The summed E-state index contributed by atoms with van der Waals surface area (Å²) < 4.78 is 29.0. The Balaban J connectivity index is 0.000000495. The van der Waals surface area contributed by atoms with Crippen LogP contribution in [-0.4, -0.2) is 169 Å². The summed E-state index contributed by atoms with van der Waals surface area (Å²) in [4.78, 5) is 0. The van der Waals surface area contributed by atoms with Gasteiger partial charge in [0.25, 0.3) is 0 Å². The van der Waals surface area contributed by atoms with Gasteiger partial charge < -0.3 is 94.0 Å². The van der Waals surface area contributed by atoms with E-state index in [2.05, 4.69) is 5.32 Å². The molecule has 19 N–H and O–H groups in total. The molecule has 3 saturated heterocycles. The second-order valence-electron chi connectivity index (χ2n) is 11.8. The lowest BCUT2D eigenvalue weighted by Crippen LogP contribution is -2.66. The number of nitrogens with two attached hydrogens (primary N) is 6. The SMILES string of the molecule is CO.NCC(O)CNC1CC(N)[C@@H](O[C@H]2OC(CN)[C@@H](O)[C@@H](O)[C@H]2N)C(OC2CCC(CO)O2)C1.NC[C@H]1CC(O)[C@@H](N)CO1. The van der Waals surface area contributed by atoms with E-state index in [1.807, 2.05) is 0 Å². The molecule has 0 radical (unpaired) electrons. The number of ether oxygens (including phenoxy) is 5. The first-order valence-corrected chi connectivity index (χ1v) is 15.6. The van der Waals surface area contributed by atoms with Crippen LogP contribution in [0.5, 0.6) is 0 Å². The highest BCUT2D eigenvalue weighted by molar-refractivity contribution is 4.97. The van der Waals surface area contributed by atoms with Gasteiger partial charge in [-0.25, -0.2) is 0 Å². The van der Waals surface area contributed by atoms with E-state index in [0.29, 0.717) is 51.8 Å². The molecule has 15 atom stereocenters. The lowest BCUT2D eigenvalue weighted by molar-refractivity contribution is -0.294. The van der Waals surface area contributed by atoms with Crippen LogP contribution in [0.4, 0.5) is 0 Å². The molecule has 0 aromatic heterocycles. The Labute approximate surface area is 264 Å². The Morgan fingerprint density at radius 1 is 0.867 bits per heavy atom. The summed E-state index contributed by atoms with van der Waals surface area (Å²) in [7, 11) is 1.00. The minimum absolute atomic E-state index is 0.00481. The van der Waals surface area contributed by atoms with Crippen molar-refractivity contribution in [2.45, 2.75) is 124 Å². The zero-order valence-electron chi connectivity index (χ0n) is 26.1. The monoisotopic (exact) mass is 657 g/mol. The zero-order chi connectivity index (χ0) is 33.7. The molecule has 3 heterocycles. The normalized spacial score (nSPS) is 42.6. The molecule has 18 nitrogen and oxygen atoms in total. The predicted octanol–water partition coefficient (Wildman–Crippen LogP) is -6.58. The van der Waals surface area contributed by atoms with Crippen molar-refractivity contribution < 1.29 is 54.3 Å². The largest absolute Gasteiger partial charge is 0.400 e. The Bertz CT molecular complexity index is 797. The molecule has 4 aliphatic rings. The van der Waals surface area contributed by atoms with E-state index in [4.69, 9.17) is 63.2 Å². The van der Waals surface area contributed by atoms with Gasteiger partial charge in [-0.2, -0.15) is 0 Å². The molecule has 3 aliphatic heterocycles. The van der Waals surface area contributed by atoms with Crippen molar-refractivity contribution in [3.8, 4) is 0 Å². The molecule has 4 rings (SSSR count). The second-order valence-corrected chi connectivity index (χ2v) is 11.8. The average Bonchev–Trinajstić information content (AvgIpc) is 3.51. The Kier molecular flexibility index (Phi) is 18.5. The lowest BCUT2D eigenvalue weighted by Gasteiger charge is -2.46. The minimum atomic E-state index is -1.27. The fourth-order valence-corrected chi connectivity index (χ4v) is 5.68. The molecule has 4 fully saturated rings. The van der Waals surface area contributed by atoms with E-state index >= 15 is 0 Å². The first kappa shape index (κ1) is 40.5. The molecule has 1 aliphatic carbocycles. The van der Waals surface area contributed by atoms with E-state index in [1.165, 1.54) is 0 Å². The van der Waals surface area contributed by atoms with E-state index in [0.717, 1.165) is 7.11 Å². The molecule has 0 aromatic rings. The molecule has 45 heavy (non-hydrogen) atoms. The van der Waals surface area contributed by atoms with Gasteiger partial charge in [0.05, 0.1) is 55.8 Å². The van der Waals surface area contributed by atoms with Crippen LogP contribution in [0.3, 0.4) is 0 Å². The standard InChI is InChI=1S/C20H41N5O8.C6H14N2O2.CH4O/c21-5-10(27)7-25-9-3-12(23)19(13(4-9)31-15-2-1-11(8-26)30-15)33-20-16(24)18(29)17(28)14(6-22)32-20;7-2-4-1-6(9)5(8)3-10-4;1-2/h9-20,25-29H,1-8,21-24H2;4-6,9H,1-3,7-8H2;2H,1H3/t9?,10?,11?,12?,13?,14?,15?,16-,17-,18+,19-,20-;4-,5+,6?;/m11./s1. The lowest BCUT2D eigenvalue weighted by atomic mass is 9.86. The molecule has 0 spiro atoms. The number of hydrogen-bond donors (Lipinski definition) is 13. The summed E-state index contributed by atoms with van der Waals surface area (Å²) in [5, 5.41) is 59.1. The third kappa shape index (κ3) is 12.0. The topological polar surface area (TPSA) is 336 Å². The van der Waals surface area contributed by atoms with Crippen molar-refractivity contribution in [2.24, 2.45) is 34.4 Å². The van der Waals surface area contributed by atoms with E-state index in [9.17, 15) is 25.5 Å². The van der Waals surface area contributed by atoms with Crippen molar-refractivity contribution >= 4 is 0 Å². The molecule has 18 heteroatoms. The Morgan fingerprint density at radius 2 is 1.58 bits per heavy atom. The first-order valence-electron chi connectivity index (χ1n) is 15.6. The molecule has 8 unspecified atom stereocenters. The minimum Gasteiger partial charge on any atom is -0.400 e. The smallest absolute Gasteiger partial charge is 0.176 e. The highest BCUT2D eigenvalue weighted by atomic mass is 16.7. The van der Waals surface area contributed by atoms with Crippen molar-refractivity contribution in [3.63, 3.8) is 0 Å². The van der Waals surface area contributed by atoms with Gasteiger partial charge in [-0.05, 0) is 19.3 Å². The zero-order valence-corrected chi connectivity index (χ0v) is 26.1.